The van der Waals surface area contributed by atoms with E-state index in [4.69, 9.17) is 0 Å². The van der Waals surface area contributed by atoms with E-state index in [1.165, 1.54) is 19.5 Å². The summed E-state index contributed by atoms with van der Waals surface area (Å²) in [5.74, 6) is 0.546. The van der Waals surface area contributed by atoms with Crippen LogP contribution in [0.2, 0.25) is 0 Å². The minimum absolute atomic E-state index is 0. The maximum absolute atomic E-state index is 11.7. The van der Waals surface area contributed by atoms with E-state index in [1.54, 1.807) is 37.4 Å². The SMILES string of the molecule is C=C(C)NCC(=O)Nc1ccc(-c2nnc3ccccn23)nc1.CC(=O)NCC(=O)Nc1ccc(-c2nnc3ccccn23)nc1.CCC.[Pt]. The van der Waals surface area contributed by atoms with Crippen LogP contribution in [0.5, 0.6) is 0 Å². The summed E-state index contributed by atoms with van der Waals surface area (Å²) in [6.07, 6.45) is 8.11. The van der Waals surface area contributed by atoms with E-state index in [-0.39, 0.29) is 51.9 Å². The van der Waals surface area contributed by atoms with Gasteiger partial charge in [-0.3, -0.25) is 33.2 Å². The van der Waals surface area contributed by atoms with Gasteiger partial charge in [-0.2, -0.15) is 0 Å². The van der Waals surface area contributed by atoms with Crippen molar-refractivity contribution in [3.05, 3.63) is 97.7 Å². The molecule has 0 aliphatic carbocycles. The summed E-state index contributed by atoms with van der Waals surface area (Å²) in [4.78, 5) is 42.8. The number of fused-ring (bicyclic) bond motifs is 2. The Balaban J connectivity index is 0.000000246. The zero-order chi connectivity index (χ0) is 35.2. The molecule has 6 heterocycles. The van der Waals surface area contributed by atoms with Gasteiger partial charge in [0.2, 0.25) is 17.7 Å². The van der Waals surface area contributed by atoms with Gasteiger partial charge in [0, 0.05) is 46.1 Å². The Morgan fingerprint density at radius 3 is 1.48 bits per heavy atom. The number of nitrogens with one attached hydrogen (secondary N) is 4. The number of hydrogen-bond acceptors (Lipinski definition) is 10. The topological polar surface area (TPSA) is 185 Å². The van der Waals surface area contributed by atoms with Gasteiger partial charge in [-0.25, -0.2) is 0 Å². The summed E-state index contributed by atoms with van der Waals surface area (Å²) in [5, 5.41) is 27.1. The summed E-state index contributed by atoms with van der Waals surface area (Å²) in [5.41, 5.74) is 4.72. The molecule has 0 unspecified atom stereocenters. The number of carbonyl (C=O) groups is 3. The fourth-order valence-electron chi connectivity index (χ4n) is 4.08. The Kier molecular flexibility index (Phi) is 14.9. The molecule has 0 saturated heterocycles. The van der Waals surface area contributed by atoms with Crippen molar-refractivity contribution in [2.24, 2.45) is 0 Å². The molecule has 262 valence electrons. The number of pyridine rings is 4. The zero-order valence-corrected chi connectivity index (χ0v) is 30.3. The predicted octanol–water partition coefficient (Wildman–Crippen LogP) is 4.13. The van der Waals surface area contributed by atoms with Gasteiger partial charge in [0.25, 0.3) is 0 Å². The smallest absolute Gasteiger partial charge is 0.243 e. The van der Waals surface area contributed by atoms with Crippen molar-refractivity contribution in [3.63, 3.8) is 0 Å². The molecule has 0 aliphatic heterocycles. The third-order valence-electron chi connectivity index (χ3n) is 6.23. The molecule has 6 rings (SSSR count). The third kappa shape index (κ3) is 11.1. The first kappa shape index (κ1) is 38.6. The quantitative estimate of drug-likeness (QED) is 0.165. The summed E-state index contributed by atoms with van der Waals surface area (Å²) >= 11 is 0. The molecule has 0 spiro atoms. The Hall–Kier alpha value is -5.82. The molecule has 0 fully saturated rings. The van der Waals surface area contributed by atoms with Crippen LogP contribution in [0.4, 0.5) is 11.4 Å². The molecule has 4 N–H and O–H groups in total. The molecule has 6 aromatic heterocycles. The second kappa shape index (κ2) is 19.2. The summed E-state index contributed by atoms with van der Waals surface area (Å²) in [6.45, 7) is 11.2. The molecule has 0 bridgehead atoms. The largest absolute Gasteiger partial charge is 0.380 e. The summed E-state index contributed by atoms with van der Waals surface area (Å²) in [6, 6.07) is 18.4. The number of allylic oxidation sites excluding steroid dienone is 1. The van der Waals surface area contributed by atoms with Crippen LogP contribution < -0.4 is 21.3 Å². The number of nitrogens with zero attached hydrogens (tertiary/aromatic N) is 8. The molecule has 0 radical (unpaired) electrons. The minimum atomic E-state index is -0.317. The standard InChI is InChI=1S/C16H16N6O.C15H14N6O2.C3H8.Pt/c1-11(2)17-10-15(23)19-12-6-7-13(18-9-12)16-21-20-14-5-3-4-8-22(14)16;1-10(22)16-9-14(23)18-11-5-6-12(17-8-11)15-20-19-13-4-2-3-7-21(13)15;1-3-2;/h3-9,17H,1,10H2,2H3,(H,19,23);2-8H,9H2,1H3,(H,16,22)(H,18,23);3H2,1-2H3;. The second-order valence-electron chi connectivity index (χ2n) is 10.6. The molecule has 0 atom stereocenters. The molecule has 0 aromatic carbocycles. The second-order valence-corrected chi connectivity index (χ2v) is 10.6. The molecule has 6 aromatic rings. The van der Waals surface area contributed by atoms with Gasteiger partial charge in [0.15, 0.2) is 22.9 Å². The first-order chi connectivity index (χ1) is 23.7. The molecular weight excluding hydrogens is 820 g/mol. The molecule has 15 nitrogen and oxygen atoms in total. The van der Waals surface area contributed by atoms with E-state index < -0.39 is 0 Å². The Morgan fingerprint density at radius 2 is 1.10 bits per heavy atom. The van der Waals surface area contributed by atoms with Crippen molar-refractivity contribution < 1.29 is 35.4 Å². The first-order valence-electron chi connectivity index (χ1n) is 15.4. The predicted molar refractivity (Wildman–Crippen MR) is 187 cm³/mol. The minimum Gasteiger partial charge on any atom is -0.380 e. The molecule has 0 aliphatic rings. The van der Waals surface area contributed by atoms with Gasteiger partial charge >= 0.3 is 0 Å². The van der Waals surface area contributed by atoms with E-state index in [0.717, 1.165) is 17.0 Å². The van der Waals surface area contributed by atoms with Crippen LogP contribution in [-0.4, -0.2) is 70.0 Å². The van der Waals surface area contributed by atoms with Gasteiger partial charge < -0.3 is 21.3 Å². The van der Waals surface area contributed by atoms with Gasteiger partial charge in [-0.15, -0.1) is 20.4 Å². The van der Waals surface area contributed by atoms with Crippen molar-refractivity contribution in [1.82, 2.24) is 49.8 Å². The maximum atomic E-state index is 11.7. The van der Waals surface area contributed by atoms with Crippen LogP contribution in [0.25, 0.3) is 34.3 Å². The van der Waals surface area contributed by atoms with Crippen LogP contribution in [0.3, 0.4) is 0 Å². The molecular formula is C34H38N12O3Pt. The number of anilines is 2. The van der Waals surface area contributed by atoms with Gasteiger partial charge in [0.1, 0.15) is 11.4 Å². The van der Waals surface area contributed by atoms with Crippen LogP contribution in [0.15, 0.2) is 97.7 Å². The average molecular weight is 858 g/mol. The molecule has 0 saturated carbocycles. The van der Waals surface area contributed by atoms with Crippen LogP contribution in [0.1, 0.15) is 34.1 Å². The number of amides is 3. The van der Waals surface area contributed by atoms with Crippen LogP contribution in [0, 0.1) is 0 Å². The normalized spacial score (nSPS) is 10.0. The Bertz CT molecular complexity index is 1880. The Morgan fingerprint density at radius 1 is 0.660 bits per heavy atom. The third-order valence-corrected chi connectivity index (χ3v) is 6.23. The van der Waals surface area contributed by atoms with Crippen LogP contribution >= 0.6 is 0 Å². The van der Waals surface area contributed by atoms with Crippen molar-refractivity contribution >= 4 is 40.4 Å². The summed E-state index contributed by atoms with van der Waals surface area (Å²) < 4.78 is 3.69. The monoisotopic (exact) mass is 857 g/mol. The van der Waals surface area contributed by atoms with Gasteiger partial charge in [-0.1, -0.05) is 39.0 Å². The van der Waals surface area contributed by atoms with Crippen LogP contribution in [-0.2, 0) is 35.4 Å². The van der Waals surface area contributed by atoms with E-state index >= 15 is 0 Å². The van der Waals surface area contributed by atoms with Gasteiger partial charge in [-0.05, 0) is 55.5 Å². The van der Waals surface area contributed by atoms with Gasteiger partial charge in [0.05, 0.1) is 36.9 Å². The molecule has 3 amide bonds. The van der Waals surface area contributed by atoms with E-state index in [9.17, 15) is 14.4 Å². The van der Waals surface area contributed by atoms with Crippen molar-refractivity contribution in [1.29, 1.82) is 0 Å². The number of carbonyl (C=O) groups excluding carboxylic acids is 3. The van der Waals surface area contributed by atoms with Crippen molar-refractivity contribution in [2.45, 2.75) is 34.1 Å². The number of hydrogen-bond donors (Lipinski definition) is 4. The van der Waals surface area contributed by atoms with Crippen molar-refractivity contribution in [2.75, 3.05) is 23.7 Å². The fourth-order valence-corrected chi connectivity index (χ4v) is 4.08. The number of rotatable bonds is 9. The van der Waals surface area contributed by atoms with E-state index in [2.05, 4.69) is 72.1 Å². The maximum Gasteiger partial charge on any atom is 0.243 e. The fraction of sp³-hybridized carbons (Fsp3) is 0.206. The average Bonchev–Trinajstić information content (AvgIpc) is 3.73. The van der Waals surface area contributed by atoms with E-state index in [1.807, 2.05) is 57.6 Å². The first-order valence-corrected chi connectivity index (χ1v) is 15.4. The summed E-state index contributed by atoms with van der Waals surface area (Å²) in [7, 11) is 0. The molecule has 16 heteroatoms. The molecule has 50 heavy (non-hydrogen) atoms. The Labute approximate surface area is 303 Å². The zero-order valence-electron chi connectivity index (χ0n) is 28.0. The van der Waals surface area contributed by atoms with Crippen molar-refractivity contribution in [3.8, 4) is 23.0 Å². The number of aromatic nitrogens is 8. The van der Waals surface area contributed by atoms with E-state index in [0.29, 0.717) is 34.4 Å².